The minimum absolute atomic E-state index is 0.0772. The summed E-state index contributed by atoms with van der Waals surface area (Å²) in [5.74, 6) is -0.441. The van der Waals surface area contributed by atoms with E-state index in [0.717, 1.165) is 21.9 Å². The average Bonchev–Trinajstić information content (AvgIpc) is 2.45. The number of anilines is 2. The van der Waals surface area contributed by atoms with Crippen LogP contribution in [0.15, 0.2) is 36.4 Å². The van der Waals surface area contributed by atoms with Gasteiger partial charge in [0.1, 0.15) is 5.82 Å². The predicted molar refractivity (Wildman–Crippen MR) is 91.2 cm³/mol. The van der Waals surface area contributed by atoms with Gasteiger partial charge in [-0.15, -0.1) is 11.7 Å². The van der Waals surface area contributed by atoms with Gasteiger partial charge in [-0.3, -0.25) is 4.79 Å². The van der Waals surface area contributed by atoms with Crippen LogP contribution in [0.25, 0.3) is 0 Å². The monoisotopic (exact) mass is 341 g/mol. The Morgan fingerprint density at radius 2 is 2.14 bits per heavy atom. The summed E-state index contributed by atoms with van der Waals surface area (Å²) in [6, 6.07) is 10.1. The van der Waals surface area contributed by atoms with Gasteiger partial charge in [0.25, 0.3) is 0 Å². The van der Waals surface area contributed by atoms with Gasteiger partial charge in [0.15, 0.2) is 0 Å². The van der Waals surface area contributed by atoms with Crippen LogP contribution in [-0.2, 0) is 11.2 Å². The Hall–Kier alpha value is -1.17. The van der Waals surface area contributed by atoms with Gasteiger partial charge < -0.3 is 5.32 Å². The number of hydrogen-bond acceptors (Lipinski definition) is 4. The van der Waals surface area contributed by atoms with E-state index in [4.69, 9.17) is 11.6 Å². The van der Waals surface area contributed by atoms with Gasteiger partial charge in [-0.2, -0.15) is 0 Å². The maximum absolute atomic E-state index is 13.8. The molecule has 1 N–H and O–H groups in total. The lowest BCUT2D eigenvalue weighted by Crippen LogP contribution is -2.03. The fraction of sp³-hybridized carbons (Fsp3) is 0.133. The highest BCUT2D eigenvalue weighted by Gasteiger charge is 2.12. The summed E-state index contributed by atoms with van der Waals surface area (Å²) in [5, 5.41) is 3.18. The summed E-state index contributed by atoms with van der Waals surface area (Å²) in [5.41, 5.74) is 2.66. The van der Waals surface area contributed by atoms with Crippen LogP contribution >= 0.6 is 34.1 Å². The zero-order valence-corrected chi connectivity index (χ0v) is 13.7. The molecular formula is C15H13ClFNOS2. The minimum Gasteiger partial charge on any atom is -0.352 e. The number of carbonyl (C=O) groups excluding carboxylic acids is 1. The first kappa shape index (κ1) is 16.2. The van der Waals surface area contributed by atoms with Crippen molar-refractivity contribution in [3.05, 3.63) is 58.4 Å². The fourth-order valence-electron chi connectivity index (χ4n) is 1.93. The Morgan fingerprint density at radius 3 is 2.81 bits per heavy atom. The molecule has 6 heteroatoms. The number of rotatable bonds is 4. The number of hydrogen-bond donors (Lipinski definition) is 2. The summed E-state index contributed by atoms with van der Waals surface area (Å²) < 4.78 is 13.8. The normalized spacial score (nSPS) is 10.5. The lowest BCUT2D eigenvalue weighted by Gasteiger charge is -2.14. The highest BCUT2D eigenvalue weighted by Crippen LogP contribution is 2.30. The van der Waals surface area contributed by atoms with Gasteiger partial charge in [-0.25, -0.2) is 4.39 Å². The molecule has 0 amide bonds. The molecule has 0 aromatic heterocycles. The molecule has 2 rings (SSSR count). The van der Waals surface area contributed by atoms with E-state index in [2.05, 4.69) is 17.0 Å². The average molecular weight is 342 g/mol. The second-order valence-electron chi connectivity index (χ2n) is 4.52. The number of nitrogens with one attached hydrogen (secondary N) is 1. The predicted octanol–water partition coefficient (Wildman–Crippen LogP) is 5.18. The fourth-order valence-corrected chi connectivity index (χ4v) is 2.55. The van der Waals surface area contributed by atoms with Gasteiger partial charge in [0, 0.05) is 12.1 Å². The van der Waals surface area contributed by atoms with Crippen molar-refractivity contribution >= 4 is 50.5 Å². The number of halogens is 2. The van der Waals surface area contributed by atoms with E-state index < -0.39 is 5.82 Å². The summed E-state index contributed by atoms with van der Waals surface area (Å²) in [6.07, 6.45) is 0.213. The summed E-state index contributed by atoms with van der Waals surface area (Å²) in [7, 11) is 0.874. The molecule has 2 aromatic rings. The Labute approximate surface area is 136 Å². The van der Waals surface area contributed by atoms with E-state index in [1.54, 1.807) is 12.1 Å². The largest absolute Gasteiger partial charge is 0.352 e. The smallest absolute Gasteiger partial charge is 0.203 e. The lowest BCUT2D eigenvalue weighted by atomic mass is 10.1. The third-order valence-corrected chi connectivity index (χ3v) is 4.19. The minimum atomic E-state index is -0.441. The van der Waals surface area contributed by atoms with Crippen LogP contribution in [0.3, 0.4) is 0 Å². The zero-order valence-electron chi connectivity index (χ0n) is 11.2. The molecule has 0 atom stereocenters. The Kier molecular flexibility index (Phi) is 5.56. The molecule has 21 heavy (non-hydrogen) atoms. The standard InChI is InChI=1S/C15H13ClFNOS2/c1-9-5-6-13(10(7-9)8-14(19)21-20)18-15-11(16)3-2-4-12(15)17/h2-7,18,20H,8H2,1H3. The van der Waals surface area contributed by atoms with E-state index in [1.165, 1.54) is 6.07 Å². The molecule has 0 aliphatic rings. The number of thiol groups is 1. The molecule has 0 saturated carbocycles. The quantitative estimate of drug-likeness (QED) is 0.593. The zero-order chi connectivity index (χ0) is 15.4. The summed E-state index contributed by atoms with van der Waals surface area (Å²) in [6.45, 7) is 1.93. The number of benzene rings is 2. The Morgan fingerprint density at radius 1 is 1.38 bits per heavy atom. The van der Waals surface area contributed by atoms with Crippen molar-refractivity contribution in [1.29, 1.82) is 0 Å². The maximum atomic E-state index is 13.8. The molecule has 0 aliphatic heterocycles. The highest BCUT2D eigenvalue weighted by molar-refractivity contribution is 8.74. The molecule has 0 aliphatic carbocycles. The van der Waals surface area contributed by atoms with Gasteiger partial charge >= 0.3 is 0 Å². The lowest BCUT2D eigenvalue weighted by molar-refractivity contribution is -0.110. The van der Waals surface area contributed by atoms with Gasteiger partial charge in [-0.05, 0) is 41.5 Å². The topological polar surface area (TPSA) is 29.1 Å². The van der Waals surface area contributed by atoms with Gasteiger partial charge in [0.05, 0.1) is 10.7 Å². The Balaban J connectivity index is 2.37. The highest BCUT2D eigenvalue weighted by atomic mass is 35.5. The van der Waals surface area contributed by atoms with Crippen LogP contribution in [0, 0.1) is 12.7 Å². The number of para-hydroxylation sites is 1. The van der Waals surface area contributed by atoms with E-state index in [1.807, 2.05) is 25.1 Å². The first-order chi connectivity index (χ1) is 10.0. The molecule has 0 radical (unpaired) electrons. The van der Waals surface area contributed by atoms with E-state index in [-0.39, 0.29) is 22.2 Å². The van der Waals surface area contributed by atoms with Crippen LogP contribution in [0.2, 0.25) is 5.02 Å². The third-order valence-electron chi connectivity index (χ3n) is 2.92. The first-order valence-electron chi connectivity index (χ1n) is 6.16. The molecule has 0 unspecified atom stereocenters. The van der Waals surface area contributed by atoms with Crippen LogP contribution in [0.4, 0.5) is 15.8 Å². The molecular weight excluding hydrogens is 329 g/mol. The molecule has 110 valence electrons. The van der Waals surface area contributed by atoms with Crippen molar-refractivity contribution in [1.82, 2.24) is 0 Å². The van der Waals surface area contributed by atoms with Gasteiger partial charge in [-0.1, -0.05) is 35.4 Å². The molecule has 0 fully saturated rings. The summed E-state index contributed by atoms with van der Waals surface area (Å²) in [4.78, 5) is 11.6. The number of aryl methyl sites for hydroxylation is 1. The van der Waals surface area contributed by atoms with E-state index >= 15 is 0 Å². The third kappa shape index (κ3) is 4.15. The summed E-state index contributed by atoms with van der Waals surface area (Å²) >= 11 is 9.91. The molecule has 0 bridgehead atoms. The van der Waals surface area contributed by atoms with Crippen LogP contribution in [-0.4, -0.2) is 5.12 Å². The van der Waals surface area contributed by atoms with Crippen molar-refractivity contribution in [2.75, 3.05) is 5.32 Å². The van der Waals surface area contributed by atoms with Crippen LogP contribution < -0.4 is 5.32 Å². The maximum Gasteiger partial charge on any atom is 0.203 e. The molecule has 2 nitrogen and oxygen atoms in total. The van der Waals surface area contributed by atoms with Crippen LogP contribution in [0.1, 0.15) is 11.1 Å². The van der Waals surface area contributed by atoms with Crippen molar-refractivity contribution in [2.24, 2.45) is 0 Å². The van der Waals surface area contributed by atoms with Gasteiger partial charge in [0.2, 0.25) is 5.12 Å². The van der Waals surface area contributed by atoms with Crippen molar-refractivity contribution in [3.8, 4) is 0 Å². The molecule has 2 aromatic carbocycles. The first-order valence-corrected chi connectivity index (χ1v) is 8.40. The van der Waals surface area contributed by atoms with Crippen molar-refractivity contribution < 1.29 is 9.18 Å². The van der Waals surface area contributed by atoms with Crippen molar-refractivity contribution in [2.45, 2.75) is 13.3 Å². The van der Waals surface area contributed by atoms with E-state index in [9.17, 15) is 9.18 Å². The van der Waals surface area contributed by atoms with Crippen LogP contribution in [0.5, 0.6) is 0 Å². The number of carbonyl (C=O) groups is 1. The van der Waals surface area contributed by atoms with Crippen molar-refractivity contribution in [3.63, 3.8) is 0 Å². The van der Waals surface area contributed by atoms with E-state index in [0.29, 0.717) is 5.69 Å². The SMILES string of the molecule is Cc1ccc(Nc2c(F)cccc2Cl)c(CC(=O)SS)c1. The molecule has 0 heterocycles. The molecule has 0 spiro atoms. The Bertz CT molecular complexity index is 658. The second-order valence-corrected chi connectivity index (χ2v) is 6.12. The second kappa shape index (κ2) is 7.20. The molecule has 0 saturated heterocycles.